The second-order valence-corrected chi connectivity index (χ2v) is 6.28. The zero-order chi connectivity index (χ0) is 17.6. The van der Waals surface area contributed by atoms with E-state index in [9.17, 15) is 0 Å². The molecular formula is C26H32N4. The molecule has 0 bridgehead atoms. The molecule has 0 saturated heterocycles. The zero-order valence-electron chi connectivity index (χ0n) is 17.4. The van der Waals surface area contributed by atoms with Crippen molar-refractivity contribution < 1.29 is 0 Å². The molecule has 5 aromatic carbocycles. The Morgan fingerprint density at radius 1 is 0.267 bits per heavy atom. The molecule has 30 heavy (non-hydrogen) atoms. The minimum absolute atomic E-state index is 0. The highest BCUT2D eigenvalue weighted by Gasteiger charge is 1.95. The quantitative estimate of drug-likeness (QED) is 0.211. The summed E-state index contributed by atoms with van der Waals surface area (Å²) in [5, 5.41) is 5.25. The van der Waals surface area contributed by atoms with Gasteiger partial charge in [-0.15, -0.1) is 0 Å². The Balaban J connectivity index is 0.000000499. The van der Waals surface area contributed by atoms with Crippen LogP contribution in [0.3, 0.4) is 0 Å². The standard InChI is InChI=1S/C14H10.C12H10.4H3N/c1-2-6-12-10-14-8-4-3-7-13(14)9-11(12)5-1;1-3-7-11(8-4-1)12-9-5-2-6-10-12;;;;/h1-10H;1-10H;4*1H3. The van der Waals surface area contributed by atoms with E-state index in [-0.39, 0.29) is 24.6 Å². The van der Waals surface area contributed by atoms with Gasteiger partial charge in [0.2, 0.25) is 0 Å². The van der Waals surface area contributed by atoms with Gasteiger partial charge in [0.1, 0.15) is 0 Å². The lowest BCUT2D eigenvalue weighted by atomic mass is 10.0. The fraction of sp³-hybridized carbons (Fsp3) is 0. The van der Waals surface area contributed by atoms with Crippen LogP contribution < -0.4 is 24.6 Å². The van der Waals surface area contributed by atoms with Gasteiger partial charge in [0, 0.05) is 0 Å². The van der Waals surface area contributed by atoms with Crippen LogP contribution in [0, 0.1) is 0 Å². The topological polar surface area (TPSA) is 140 Å². The van der Waals surface area contributed by atoms with Crippen molar-refractivity contribution in [2.24, 2.45) is 0 Å². The third-order valence-corrected chi connectivity index (χ3v) is 4.49. The number of benzene rings is 5. The van der Waals surface area contributed by atoms with Crippen LogP contribution in [0.1, 0.15) is 0 Å². The molecule has 5 rings (SSSR count). The van der Waals surface area contributed by atoms with Gasteiger partial charge in [0.05, 0.1) is 0 Å². The lowest BCUT2D eigenvalue weighted by Gasteiger charge is -2.00. The average molecular weight is 401 g/mol. The van der Waals surface area contributed by atoms with Crippen LogP contribution in [0.2, 0.25) is 0 Å². The molecule has 0 unspecified atom stereocenters. The van der Waals surface area contributed by atoms with Crippen molar-refractivity contribution in [3.63, 3.8) is 0 Å². The molecule has 4 nitrogen and oxygen atoms in total. The third kappa shape index (κ3) is 6.24. The predicted molar refractivity (Wildman–Crippen MR) is 133 cm³/mol. The predicted octanol–water partition coefficient (Wildman–Crippen LogP) is 7.99. The first-order valence-electron chi connectivity index (χ1n) is 8.88. The molecule has 0 atom stereocenters. The van der Waals surface area contributed by atoms with E-state index in [0.29, 0.717) is 0 Å². The molecule has 0 aliphatic carbocycles. The van der Waals surface area contributed by atoms with Crippen LogP contribution in [0.25, 0.3) is 32.7 Å². The molecule has 0 fully saturated rings. The van der Waals surface area contributed by atoms with Gasteiger partial charge in [-0.25, -0.2) is 0 Å². The molecule has 0 heterocycles. The zero-order valence-corrected chi connectivity index (χ0v) is 17.4. The summed E-state index contributed by atoms with van der Waals surface area (Å²) in [5.41, 5.74) is 2.55. The van der Waals surface area contributed by atoms with E-state index >= 15 is 0 Å². The molecule has 0 spiro atoms. The van der Waals surface area contributed by atoms with Gasteiger partial charge in [-0.1, -0.05) is 109 Å². The van der Waals surface area contributed by atoms with Gasteiger partial charge in [-0.05, 0) is 44.8 Å². The summed E-state index contributed by atoms with van der Waals surface area (Å²) in [6.07, 6.45) is 0. The molecule has 0 aliphatic heterocycles. The highest BCUT2D eigenvalue weighted by molar-refractivity contribution is 5.98. The van der Waals surface area contributed by atoms with E-state index in [1.807, 2.05) is 12.1 Å². The number of fused-ring (bicyclic) bond motifs is 2. The number of rotatable bonds is 1. The molecular weight excluding hydrogens is 368 g/mol. The highest BCUT2D eigenvalue weighted by Crippen LogP contribution is 2.22. The van der Waals surface area contributed by atoms with Crippen molar-refractivity contribution >= 4 is 21.5 Å². The van der Waals surface area contributed by atoms with E-state index in [1.54, 1.807) is 0 Å². The van der Waals surface area contributed by atoms with Crippen LogP contribution in [0.15, 0.2) is 121 Å². The van der Waals surface area contributed by atoms with Gasteiger partial charge >= 0.3 is 0 Å². The fourth-order valence-corrected chi connectivity index (χ4v) is 3.14. The van der Waals surface area contributed by atoms with Crippen LogP contribution in [-0.2, 0) is 0 Å². The second-order valence-electron chi connectivity index (χ2n) is 6.28. The Labute approximate surface area is 178 Å². The third-order valence-electron chi connectivity index (χ3n) is 4.49. The molecule has 5 aromatic rings. The fourth-order valence-electron chi connectivity index (χ4n) is 3.14. The van der Waals surface area contributed by atoms with Crippen molar-refractivity contribution in [2.45, 2.75) is 0 Å². The Morgan fingerprint density at radius 3 is 0.767 bits per heavy atom. The van der Waals surface area contributed by atoms with E-state index < -0.39 is 0 Å². The SMILES string of the molecule is N.N.N.N.c1ccc(-c2ccccc2)cc1.c1ccc2cc3ccccc3cc2c1. The summed E-state index contributed by atoms with van der Waals surface area (Å²) < 4.78 is 0. The van der Waals surface area contributed by atoms with Crippen LogP contribution in [-0.4, -0.2) is 0 Å². The maximum atomic E-state index is 2.24. The van der Waals surface area contributed by atoms with Crippen molar-refractivity contribution in [2.75, 3.05) is 0 Å². The van der Waals surface area contributed by atoms with Gasteiger partial charge in [-0.3, -0.25) is 0 Å². The first-order valence-corrected chi connectivity index (χ1v) is 8.88. The Morgan fingerprint density at radius 2 is 0.500 bits per heavy atom. The van der Waals surface area contributed by atoms with Gasteiger partial charge in [0.15, 0.2) is 0 Å². The average Bonchev–Trinajstić information content (AvgIpc) is 2.74. The van der Waals surface area contributed by atoms with Crippen molar-refractivity contribution in [3.8, 4) is 11.1 Å². The molecule has 0 amide bonds. The summed E-state index contributed by atoms with van der Waals surface area (Å²) in [4.78, 5) is 0. The highest BCUT2D eigenvalue weighted by atomic mass is 14.0. The monoisotopic (exact) mass is 400 g/mol. The normalized spacial score (nSPS) is 8.93. The lowest BCUT2D eigenvalue weighted by Crippen LogP contribution is -1.74. The molecule has 12 N–H and O–H groups in total. The Bertz CT molecular complexity index is 984. The number of hydrogen-bond donors (Lipinski definition) is 4. The second kappa shape index (κ2) is 12.8. The largest absolute Gasteiger partial charge is 0.344 e. The summed E-state index contributed by atoms with van der Waals surface area (Å²) in [5.74, 6) is 0. The maximum absolute atomic E-state index is 2.24. The van der Waals surface area contributed by atoms with Crippen molar-refractivity contribution in [1.82, 2.24) is 24.6 Å². The van der Waals surface area contributed by atoms with E-state index in [0.717, 1.165) is 0 Å². The summed E-state index contributed by atoms with van der Waals surface area (Å²) in [6, 6.07) is 42.2. The van der Waals surface area contributed by atoms with Gasteiger partial charge < -0.3 is 24.6 Å². The van der Waals surface area contributed by atoms with E-state index in [2.05, 4.69) is 109 Å². The van der Waals surface area contributed by atoms with Crippen LogP contribution >= 0.6 is 0 Å². The van der Waals surface area contributed by atoms with Gasteiger partial charge in [-0.2, -0.15) is 0 Å². The summed E-state index contributed by atoms with van der Waals surface area (Å²) in [6.45, 7) is 0. The molecule has 0 aromatic heterocycles. The Kier molecular flexibility index (Phi) is 11.3. The van der Waals surface area contributed by atoms with E-state index in [1.165, 1.54) is 32.7 Å². The van der Waals surface area contributed by atoms with E-state index in [4.69, 9.17) is 0 Å². The summed E-state index contributed by atoms with van der Waals surface area (Å²) >= 11 is 0. The summed E-state index contributed by atoms with van der Waals surface area (Å²) in [7, 11) is 0. The molecule has 0 aliphatic rings. The first-order chi connectivity index (χ1) is 12.9. The van der Waals surface area contributed by atoms with Gasteiger partial charge in [0.25, 0.3) is 0 Å². The first kappa shape index (κ1) is 26.5. The smallest absolute Gasteiger partial charge is 0.0178 e. The molecule has 4 heteroatoms. The number of hydrogen-bond acceptors (Lipinski definition) is 4. The lowest BCUT2D eigenvalue weighted by molar-refractivity contribution is 1.62. The molecule has 0 radical (unpaired) electrons. The molecule has 0 saturated carbocycles. The van der Waals surface area contributed by atoms with Crippen LogP contribution in [0.4, 0.5) is 0 Å². The molecule has 156 valence electrons. The van der Waals surface area contributed by atoms with Crippen molar-refractivity contribution in [3.05, 3.63) is 121 Å². The van der Waals surface area contributed by atoms with Crippen molar-refractivity contribution in [1.29, 1.82) is 0 Å². The minimum atomic E-state index is 0. The minimum Gasteiger partial charge on any atom is -0.344 e. The van der Waals surface area contributed by atoms with Crippen LogP contribution in [0.5, 0.6) is 0 Å². The Hall–Kier alpha value is -3.54. The maximum Gasteiger partial charge on any atom is -0.0178 e.